The highest BCUT2D eigenvalue weighted by atomic mass is 14.9. The van der Waals surface area contributed by atoms with Crippen LogP contribution in [-0.4, -0.2) is 24.9 Å². The van der Waals surface area contributed by atoms with Gasteiger partial charge in [-0.2, -0.15) is 0 Å². The average Bonchev–Trinajstić information content (AvgIpc) is 2.69. The number of aromatic nitrogens is 5. The summed E-state index contributed by atoms with van der Waals surface area (Å²) in [6.45, 7) is 19.2. The summed E-state index contributed by atoms with van der Waals surface area (Å²) in [4.78, 5) is 20.7. The van der Waals surface area contributed by atoms with Gasteiger partial charge in [-0.1, -0.05) is 68.4 Å². The molecule has 0 aliphatic rings. The molecule has 3 rings (SSSR count). The smallest absolute Gasteiger partial charge is 0.133 e. The van der Waals surface area contributed by atoms with Gasteiger partial charge < -0.3 is 0 Å². The fraction of sp³-hybridized carbons (Fsp3) is 0.480. The Labute approximate surface area is 182 Å². The van der Waals surface area contributed by atoms with Crippen LogP contribution in [0, 0.1) is 0 Å². The first-order chi connectivity index (χ1) is 13.8. The molecule has 0 aromatic carbocycles. The molecule has 30 heavy (non-hydrogen) atoms. The Morgan fingerprint density at radius 2 is 1.03 bits per heavy atom. The highest BCUT2D eigenvalue weighted by molar-refractivity contribution is 5.12. The van der Waals surface area contributed by atoms with Crippen LogP contribution < -0.4 is 0 Å². The van der Waals surface area contributed by atoms with E-state index in [0.29, 0.717) is 0 Å². The van der Waals surface area contributed by atoms with Crippen molar-refractivity contribution in [1.29, 1.82) is 0 Å². The molecule has 0 radical (unpaired) electrons. The molecule has 0 N–H and O–H groups in total. The van der Waals surface area contributed by atoms with Crippen LogP contribution in [0.15, 0.2) is 61.4 Å². The number of hydrogen-bond donors (Lipinski definition) is 0. The van der Waals surface area contributed by atoms with E-state index in [1.165, 1.54) is 0 Å². The standard InChI is InChI=1S/C9H13N.2C8H12N2/c1-9(2,3)8-6-4-5-7-10-8;1-8(2,3)7-6-9-4-5-10-7;1-8(2,3)7-9-5-4-6-10-7/h4-7H,1-3H3;2*4-6H,1-3H3. The number of hydrogen-bond acceptors (Lipinski definition) is 5. The summed E-state index contributed by atoms with van der Waals surface area (Å²) in [5, 5.41) is 0. The van der Waals surface area contributed by atoms with E-state index in [4.69, 9.17) is 0 Å². The Morgan fingerprint density at radius 3 is 1.33 bits per heavy atom. The van der Waals surface area contributed by atoms with Gasteiger partial charge in [0.15, 0.2) is 0 Å². The molecule has 0 saturated heterocycles. The van der Waals surface area contributed by atoms with Gasteiger partial charge in [-0.05, 0) is 18.2 Å². The summed E-state index contributed by atoms with van der Waals surface area (Å²) in [6, 6.07) is 7.85. The van der Waals surface area contributed by atoms with E-state index in [-0.39, 0.29) is 16.2 Å². The summed E-state index contributed by atoms with van der Waals surface area (Å²) in [6.07, 6.45) is 10.6. The van der Waals surface area contributed by atoms with Crippen molar-refractivity contribution in [3.63, 3.8) is 0 Å². The Morgan fingerprint density at radius 1 is 0.500 bits per heavy atom. The lowest BCUT2D eigenvalue weighted by atomic mass is 9.92. The first kappa shape index (κ1) is 25.3. The number of pyridine rings is 1. The quantitative estimate of drug-likeness (QED) is 0.462. The van der Waals surface area contributed by atoms with Gasteiger partial charge >= 0.3 is 0 Å². The zero-order chi connectivity index (χ0) is 22.8. The monoisotopic (exact) mass is 407 g/mol. The van der Waals surface area contributed by atoms with E-state index < -0.39 is 0 Å². The zero-order valence-corrected chi connectivity index (χ0v) is 20.0. The van der Waals surface area contributed by atoms with Gasteiger partial charge in [0.25, 0.3) is 0 Å². The third-order valence-corrected chi connectivity index (χ3v) is 4.00. The summed E-state index contributed by atoms with van der Waals surface area (Å²) in [5.74, 6) is 0.898. The van der Waals surface area contributed by atoms with Crippen molar-refractivity contribution in [2.24, 2.45) is 0 Å². The third kappa shape index (κ3) is 9.68. The van der Waals surface area contributed by atoms with Gasteiger partial charge in [-0.15, -0.1) is 0 Å². The van der Waals surface area contributed by atoms with Crippen molar-refractivity contribution in [2.75, 3.05) is 0 Å². The van der Waals surface area contributed by atoms with Crippen LogP contribution in [0.4, 0.5) is 0 Å². The summed E-state index contributed by atoms with van der Waals surface area (Å²) in [5.41, 5.74) is 2.56. The van der Waals surface area contributed by atoms with Crippen molar-refractivity contribution in [3.05, 3.63) is 78.7 Å². The zero-order valence-electron chi connectivity index (χ0n) is 20.0. The largest absolute Gasteiger partial charge is 0.261 e. The second kappa shape index (κ2) is 10.9. The van der Waals surface area contributed by atoms with Gasteiger partial charge in [0.05, 0.1) is 5.69 Å². The molecule has 0 atom stereocenters. The molecule has 0 bridgehead atoms. The lowest BCUT2D eigenvalue weighted by Crippen LogP contribution is -2.14. The Kier molecular flexibility index (Phi) is 9.22. The minimum Gasteiger partial charge on any atom is -0.261 e. The summed E-state index contributed by atoms with van der Waals surface area (Å²) >= 11 is 0. The number of nitrogens with zero attached hydrogens (tertiary/aromatic N) is 5. The van der Waals surface area contributed by atoms with E-state index in [0.717, 1.165) is 17.2 Å². The lowest BCUT2D eigenvalue weighted by Gasteiger charge is -2.16. The lowest BCUT2D eigenvalue weighted by molar-refractivity contribution is 0.545. The van der Waals surface area contributed by atoms with Crippen LogP contribution in [0.25, 0.3) is 0 Å². The van der Waals surface area contributed by atoms with Crippen LogP contribution in [-0.2, 0) is 16.2 Å². The van der Waals surface area contributed by atoms with Crippen LogP contribution in [0.2, 0.25) is 0 Å². The Balaban J connectivity index is 0.000000225. The molecule has 5 heteroatoms. The van der Waals surface area contributed by atoms with Crippen molar-refractivity contribution >= 4 is 0 Å². The van der Waals surface area contributed by atoms with Crippen molar-refractivity contribution < 1.29 is 0 Å². The van der Waals surface area contributed by atoms with E-state index in [2.05, 4.69) is 93.3 Å². The summed E-state index contributed by atoms with van der Waals surface area (Å²) < 4.78 is 0. The van der Waals surface area contributed by atoms with Crippen LogP contribution in [0.1, 0.15) is 79.5 Å². The molecule has 3 aromatic rings. The van der Waals surface area contributed by atoms with Crippen LogP contribution in [0.5, 0.6) is 0 Å². The van der Waals surface area contributed by atoms with Gasteiger partial charge in [-0.25, -0.2) is 9.97 Å². The maximum atomic E-state index is 4.25. The van der Waals surface area contributed by atoms with Gasteiger partial charge in [0, 0.05) is 59.1 Å². The molecule has 162 valence electrons. The maximum absolute atomic E-state index is 4.25. The molecular formula is C25H37N5. The van der Waals surface area contributed by atoms with E-state index in [1.807, 2.05) is 24.4 Å². The fourth-order valence-electron chi connectivity index (χ4n) is 2.18. The van der Waals surface area contributed by atoms with Gasteiger partial charge in [0.1, 0.15) is 5.82 Å². The van der Waals surface area contributed by atoms with Gasteiger partial charge in [-0.3, -0.25) is 15.0 Å². The average molecular weight is 408 g/mol. The van der Waals surface area contributed by atoms with E-state index in [9.17, 15) is 0 Å². The first-order valence-corrected chi connectivity index (χ1v) is 10.3. The number of rotatable bonds is 0. The predicted octanol–water partition coefficient (Wildman–Crippen LogP) is 5.93. The highest BCUT2D eigenvalue weighted by Crippen LogP contribution is 2.19. The van der Waals surface area contributed by atoms with Crippen LogP contribution >= 0.6 is 0 Å². The van der Waals surface area contributed by atoms with E-state index in [1.54, 1.807) is 31.0 Å². The molecule has 0 saturated carbocycles. The minimum atomic E-state index is 0.0707. The molecular weight excluding hydrogens is 370 g/mol. The van der Waals surface area contributed by atoms with Crippen molar-refractivity contribution in [1.82, 2.24) is 24.9 Å². The third-order valence-electron chi connectivity index (χ3n) is 4.00. The molecule has 0 aliphatic heterocycles. The summed E-state index contributed by atoms with van der Waals surface area (Å²) in [7, 11) is 0. The SMILES string of the molecule is CC(C)(C)c1ccccn1.CC(C)(C)c1cnccn1.CC(C)(C)c1ncccn1. The first-order valence-electron chi connectivity index (χ1n) is 10.3. The van der Waals surface area contributed by atoms with Crippen molar-refractivity contribution in [2.45, 2.75) is 78.6 Å². The molecule has 3 heterocycles. The molecule has 0 fully saturated rings. The molecule has 0 spiro atoms. The molecule has 0 unspecified atom stereocenters. The van der Waals surface area contributed by atoms with Gasteiger partial charge in [0.2, 0.25) is 0 Å². The van der Waals surface area contributed by atoms with E-state index >= 15 is 0 Å². The molecule has 5 nitrogen and oxygen atoms in total. The fourth-order valence-corrected chi connectivity index (χ4v) is 2.18. The van der Waals surface area contributed by atoms with Crippen molar-refractivity contribution in [3.8, 4) is 0 Å². The highest BCUT2D eigenvalue weighted by Gasteiger charge is 2.15. The second-order valence-electron chi connectivity index (χ2n) is 10.1. The Bertz CT molecular complexity index is 710. The maximum Gasteiger partial charge on any atom is 0.133 e. The molecule has 0 aliphatic carbocycles. The topological polar surface area (TPSA) is 64.5 Å². The molecule has 3 aromatic heterocycles. The van der Waals surface area contributed by atoms with Crippen LogP contribution in [0.3, 0.4) is 0 Å². The predicted molar refractivity (Wildman–Crippen MR) is 124 cm³/mol. The Hall–Kier alpha value is -2.69. The second-order valence-corrected chi connectivity index (χ2v) is 10.1. The molecule has 0 amide bonds. The minimum absolute atomic E-state index is 0.0707. The normalized spacial score (nSPS) is 11.5.